The van der Waals surface area contributed by atoms with Crippen LogP contribution in [0.2, 0.25) is 0 Å². The van der Waals surface area contributed by atoms with Crippen molar-refractivity contribution in [3.05, 3.63) is 22.6 Å². The Labute approximate surface area is 121 Å². The van der Waals surface area contributed by atoms with Crippen LogP contribution in [0.1, 0.15) is 39.5 Å². The molecule has 0 spiro atoms. The van der Waals surface area contributed by atoms with Gasteiger partial charge in [0, 0.05) is 31.7 Å². The van der Waals surface area contributed by atoms with E-state index >= 15 is 0 Å². The summed E-state index contributed by atoms with van der Waals surface area (Å²) in [6, 6.07) is 2.14. The van der Waals surface area contributed by atoms with Gasteiger partial charge < -0.3 is 10.2 Å². The molecule has 1 aliphatic heterocycles. The van der Waals surface area contributed by atoms with Crippen LogP contribution in [-0.4, -0.2) is 35.5 Å². The minimum Gasteiger partial charge on any atom is -0.370 e. The van der Waals surface area contributed by atoms with E-state index in [2.05, 4.69) is 29.2 Å². The van der Waals surface area contributed by atoms with Gasteiger partial charge in [-0.3, -0.25) is 4.79 Å². The first-order valence-corrected chi connectivity index (χ1v) is 7.76. The zero-order chi connectivity index (χ0) is 14.4. The number of nitrogens with one attached hydrogen (secondary N) is 1. The Morgan fingerprint density at radius 2 is 2.10 bits per heavy atom. The maximum Gasteiger partial charge on any atom is 0.268 e. The zero-order valence-corrected chi connectivity index (χ0v) is 12.6. The molecular weight excluding hydrogens is 252 g/mol. The third-order valence-corrected chi connectivity index (χ3v) is 3.90. The molecule has 5 nitrogen and oxygen atoms in total. The van der Waals surface area contributed by atoms with Gasteiger partial charge in [-0.25, -0.2) is 4.68 Å². The molecule has 1 unspecified atom stereocenters. The van der Waals surface area contributed by atoms with E-state index in [0.29, 0.717) is 12.6 Å². The van der Waals surface area contributed by atoms with E-state index in [1.807, 2.05) is 6.20 Å². The molecule has 1 aromatic heterocycles. The van der Waals surface area contributed by atoms with E-state index < -0.39 is 0 Å². The first-order chi connectivity index (χ1) is 9.70. The topological polar surface area (TPSA) is 50.2 Å². The Morgan fingerprint density at radius 1 is 1.35 bits per heavy atom. The molecule has 1 N–H and O–H groups in total. The average molecular weight is 278 g/mol. The molecule has 1 aliphatic rings. The van der Waals surface area contributed by atoms with Crippen LogP contribution < -0.4 is 15.8 Å². The van der Waals surface area contributed by atoms with E-state index in [1.54, 1.807) is 10.7 Å². The van der Waals surface area contributed by atoms with Crippen LogP contribution in [0.4, 0.5) is 5.69 Å². The zero-order valence-electron chi connectivity index (χ0n) is 12.6. The quantitative estimate of drug-likeness (QED) is 0.859. The highest BCUT2D eigenvalue weighted by molar-refractivity contribution is 5.43. The Morgan fingerprint density at radius 3 is 2.75 bits per heavy atom. The molecule has 0 aliphatic carbocycles. The number of nitrogens with zero attached hydrogens (tertiary/aromatic N) is 3. The van der Waals surface area contributed by atoms with E-state index in [0.717, 1.165) is 31.7 Å². The standard InChI is InChI=1S/C15H26N4O/c1-3-16-13(2)7-10-19-15(20)11-14(12-17-19)18-8-5-4-6-9-18/h11-13,16H,3-10H2,1-2H3. The number of hydrogen-bond acceptors (Lipinski definition) is 4. The number of hydrogen-bond donors (Lipinski definition) is 1. The van der Waals surface area contributed by atoms with Gasteiger partial charge in [0.2, 0.25) is 0 Å². The summed E-state index contributed by atoms with van der Waals surface area (Å²) in [5.41, 5.74) is 0.988. The number of aromatic nitrogens is 2. The van der Waals surface area contributed by atoms with Crippen LogP contribution in [0.5, 0.6) is 0 Å². The lowest BCUT2D eigenvalue weighted by atomic mass is 10.1. The minimum atomic E-state index is 0.0109. The molecule has 2 rings (SSSR count). The maximum atomic E-state index is 12.1. The molecule has 1 atom stereocenters. The van der Waals surface area contributed by atoms with Gasteiger partial charge >= 0.3 is 0 Å². The first kappa shape index (κ1) is 15.0. The third-order valence-electron chi connectivity index (χ3n) is 3.90. The van der Waals surface area contributed by atoms with E-state index in [1.165, 1.54) is 19.3 Å². The van der Waals surface area contributed by atoms with Crippen molar-refractivity contribution in [2.45, 2.75) is 52.1 Å². The molecule has 0 radical (unpaired) electrons. The highest BCUT2D eigenvalue weighted by atomic mass is 16.1. The number of aryl methyl sites for hydroxylation is 1. The van der Waals surface area contributed by atoms with Crippen LogP contribution in [-0.2, 0) is 6.54 Å². The SMILES string of the molecule is CCNC(C)CCn1ncc(N2CCCCC2)cc1=O. The second-order valence-corrected chi connectivity index (χ2v) is 5.57. The molecule has 0 aromatic carbocycles. The molecule has 0 amide bonds. The van der Waals surface area contributed by atoms with E-state index in [4.69, 9.17) is 0 Å². The second kappa shape index (κ2) is 7.43. The smallest absolute Gasteiger partial charge is 0.268 e. The second-order valence-electron chi connectivity index (χ2n) is 5.57. The van der Waals surface area contributed by atoms with Gasteiger partial charge in [0.05, 0.1) is 11.9 Å². The van der Waals surface area contributed by atoms with Gasteiger partial charge in [0.25, 0.3) is 5.56 Å². The molecule has 20 heavy (non-hydrogen) atoms. The summed E-state index contributed by atoms with van der Waals surface area (Å²) in [6.07, 6.45) is 6.48. The van der Waals surface area contributed by atoms with E-state index in [9.17, 15) is 4.79 Å². The number of piperidine rings is 1. The predicted octanol–water partition coefficient (Wildman–Crippen LogP) is 1.62. The molecule has 1 fully saturated rings. The Balaban J connectivity index is 1.96. The van der Waals surface area contributed by atoms with Gasteiger partial charge in [-0.15, -0.1) is 0 Å². The average Bonchev–Trinajstić information content (AvgIpc) is 2.47. The molecule has 0 saturated carbocycles. The highest BCUT2D eigenvalue weighted by Gasteiger charge is 2.12. The van der Waals surface area contributed by atoms with Crippen molar-refractivity contribution in [1.82, 2.24) is 15.1 Å². The fraction of sp³-hybridized carbons (Fsp3) is 0.733. The molecule has 1 saturated heterocycles. The van der Waals surface area contributed by atoms with Gasteiger partial charge in [0.15, 0.2) is 0 Å². The lowest BCUT2D eigenvalue weighted by molar-refractivity contribution is 0.455. The molecular formula is C15H26N4O. The van der Waals surface area contributed by atoms with Crippen molar-refractivity contribution in [2.75, 3.05) is 24.5 Å². The van der Waals surface area contributed by atoms with Crippen LogP contribution in [0.15, 0.2) is 17.1 Å². The lowest BCUT2D eigenvalue weighted by Gasteiger charge is -2.28. The van der Waals surface area contributed by atoms with Gasteiger partial charge in [0.1, 0.15) is 0 Å². The van der Waals surface area contributed by atoms with Crippen molar-refractivity contribution in [1.29, 1.82) is 0 Å². The van der Waals surface area contributed by atoms with Gasteiger partial charge in [-0.2, -0.15) is 5.10 Å². The molecule has 5 heteroatoms. The molecule has 0 bridgehead atoms. The van der Waals surface area contributed by atoms with Crippen LogP contribution in [0, 0.1) is 0 Å². The lowest BCUT2D eigenvalue weighted by Crippen LogP contribution is -2.33. The van der Waals surface area contributed by atoms with E-state index in [-0.39, 0.29) is 5.56 Å². The Hall–Kier alpha value is -1.36. The van der Waals surface area contributed by atoms with Crippen molar-refractivity contribution in [3.8, 4) is 0 Å². The summed E-state index contributed by atoms with van der Waals surface area (Å²) in [7, 11) is 0. The Bertz CT molecular complexity index is 465. The fourth-order valence-corrected chi connectivity index (χ4v) is 2.68. The maximum absolute atomic E-state index is 12.1. The number of anilines is 1. The number of rotatable bonds is 6. The Kier molecular flexibility index (Phi) is 5.59. The third kappa shape index (κ3) is 4.07. The van der Waals surface area contributed by atoms with Crippen molar-refractivity contribution < 1.29 is 0 Å². The van der Waals surface area contributed by atoms with Crippen LogP contribution in [0.25, 0.3) is 0 Å². The summed E-state index contributed by atoms with van der Waals surface area (Å²) < 4.78 is 1.57. The summed E-state index contributed by atoms with van der Waals surface area (Å²) in [5, 5.41) is 7.67. The fourth-order valence-electron chi connectivity index (χ4n) is 2.68. The molecule has 2 heterocycles. The van der Waals surface area contributed by atoms with Crippen molar-refractivity contribution in [3.63, 3.8) is 0 Å². The van der Waals surface area contributed by atoms with Crippen molar-refractivity contribution >= 4 is 5.69 Å². The monoisotopic (exact) mass is 278 g/mol. The summed E-state index contributed by atoms with van der Waals surface area (Å²) in [6.45, 7) is 7.95. The normalized spacial score (nSPS) is 17.2. The largest absolute Gasteiger partial charge is 0.370 e. The van der Waals surface area contributed by atoms with Crippen molar-refractivity contribution in [2.24, 2.45) is 0 Å². The predicted molar refractivity (Wildman–Crippen MR) is 82.3 cm³/mol. The highest BCUT2D eigenvalue weighted by Crippen LogP contribution is 2.16. The van der Waals surface area contributed by atoms with Crippen LogP contribution in [0.3, 0.4) is 0 Å². The summed E-state index contributed by atoms with van der Waals surface area (Å²) in [5.74, 6) is 0. The van der Waals surface area contributed by atoms with Gasteiger partial charge in [-0.1, -0.05) is 6.92 Å². The minimum absolute atomic E-state index is 0.0109. The van der Waals surface area contributed by atoms with Crippen LogP contribution >= 0.6 is 0 Å². The molecule has 112 valence electrons. The van der Waals surface area contributed by atoms with Gasteiger partial charge in [-0.05, 0) is 39.2 Å². The molecule has 1 aromatic rings. The summed E-state index contributed by atoms with van der Waals surface area (Å²) in [4.78, 5) is 14.4. The first-order valence-electron chi connectivity index (χ1n) is 7.76. The summed E-state index contributed by atoms with van der Waals surface area (Å²) >= 11 is 0.